The second-order valence-corrected chi connectivity index (χ2v) is 11.1. The summed E-state index contributed by atoms with van der Waals surface area (Å²) in [6.45, 7) is -0.184. The monoisotopic (exact) mass is 744 g/mol. The van der Waals surface area contributed by atoms with Gasteiger partial charge in [-0.3, -0.25) is 19.3 Å². The maximum Gasteiger partial charge on any atom is 0.294 e. The van der Waals surface area contributed by atoms with Crippen LogP contribution in [-0.2, 0) is 16.2 Å². The molecule has 3 aromatic carbocycles. The molecule has 1 saturated heterocycles. The van der Waals surface area contributed by atoms with Gasteiger partial charge in [-0.25, -0.2) is 4.39 Å². The Morgan fingerprint density at radius 2 is 1.78 bits per heavy atom. The minimum absolute atomic E-state index is 0.209. The topological polar surface area (TPSA) is 84.9 Å². The van der Waals surface area contributed by atoms with Gasteiger partial charge in [0.25, 0.3) is 11.1 Å². The Hall–Kier alpha value is -2.65. The van der Waals surface area contributed by atoms with Gasteiger partial charge in [-0.1, -0.05) is 12.1 Å². The fourth-order valence-corrected chi connectivity index (χ4v) is 6.36. The van der Waals surface area contributed by atoms with Crippen molar-refractivity contribution < 1.29 is 28.2 Å². The number of carbonyl (C=O) groups is 3. The van der Waals surface area contributed by atoms with Gasteiger partial charge >= 0.3 is 0 Å². The number of benzene rings is 3. The quantitative estimate of drug-likeness (QED) is 0.216. The number of halogens is 3. The fraction of sp³-hybridized carbons (Fsp3) is 0.115. The van der Waals surface area contributed by atoms with Crippen LogP contribution in [-0.4, -0.2) is 35.6 Å². The Morgan fingerprint density at radius 1 is 1.08 bits per heavy atom. The lowest BCUT2D eigenvalue weighted by atomic mass is 10.2. The molecule has 0 bridgehead atoms. The Kier molecular flexibility index (Phi) is 9.08. The summed E-state index contributed by atoms with van der Waals surface area (Å²) in [5.41, 5.74) is 1.94. The lowest BCUT2D eigenvalue weighted by Gasteiger charge is -2.13. The van der Waals surface area contributed by atoms with Crippen LogP contribution in [0.4, 0.5) is 14.9 Å². The molecule has 190 valence electrons. The van der Waals surface area contributed by atoms with Crippen molar-refractivity contribution in [3.8, 4) is 11.5 Å². The van der Waals surface area contributed by atoms with Crippen molar-refractivity contribution in [2.24, 2.45) is 0 Å². The van der Waals surface area contributed by atoms with Crippen LogP contribution in [0, 0.1) is 13.0 Å². The number of ether oxygens (including phenoxy) is 2. The van der Waals surface area contributed by atoms with Crippen LogP contribution in [0.2, 0.25) is 0 Å². The molecular weight excluding hydrogens is 725 g/mol. The summed E-state index contributed by atoms with van der Waals surface area (Å²) in [4.78, 5) is 38.9. The van der Waals surface area contributed by atoms with E-state index in [9.17, 15) is 18.8 Å². The number of methoxy groups -OCH3 is 1. The van der Waals surface area contributed by atoms with Gasteiger partial charge in [-0.15, -0.1) is 0 Å². The van der Waals surface area contributed by atoms with E-state index in [-0.39, 0.29) is 17.3 Å². The number of nitrogens with one attached hydrogen (secondary N) is 1. The third kappa shape index (κ3) is 7.02. The molecule has 7 nitrogen and oxygen atoms in total. The number of hydrogen-bond donors (Lipinski definition) is 1. The zero-order valence-corrected chi connectivity index (χ0v) is 24.4. The van der Waals surface area contributed by atoms with Crippen molar-refractivity contribution in [2.45, 2.75) is 6.61 Å². The maximum absolute atomic E-state index is 13.4. The molecule has 1 aliphatic rings. The van der Waals surface area contributed by atoms with Gasteiger partial charge < -0.3 is 14.8 Å². The first kappa shape index (κ1) is 27.4. The van der Waals surface area contributed by atoms with Crippen molar-refractivity contribution >= 4 is 85.8 Å². The number of anilines is 1. The van der Waals surface area contributed by atoms with Crippen molar-refractivity contribution in [2.75, 3.05) is 19.0 Å². The summed E-state index contributed by atoms with van der Waals surface area (Å²) in [6.07, 6.45) is 1.62. The van der Waals surface area contributed by atoms with E-state index in [1.165, 1.54) is 12.1 Å². The molecule has 1 aliphatic heterocycles. The predicted octanol–water partition coefficient (Wildman–Crippen LogP) is 6.30. The van der Waals surface area contributed by atoms with Crippen LogP contribution < -0.4 is 14.8 Å². The second-order valence-electron chi connectivity index (χ2n) is 7.78. The number of carbonyl (C=O) groups excluding carboxylic acids is 3. The Bertz CT molecular complexity index is 1370. The lowest BCUT2D eigenvalue weighted by Crippen LogP contribution is -2.36. The first-order valence-corrected chi connectivity index (χ1v) is 13.8. The van der Waals surface area contributed by atoms with Crippen LogP contribution in [0.3, 0.4) is 0 Å². The zero-order chi connectivity index (χ0) is 26.5. The standard InChI is InChI=1S/C26H19FI2N2O5S/c1-35-19-7-5-18(6-8-19)30-23(32)13-31-25(33)22(37-26(31)34)12-16-10-20(28)24(21(29)11-16)36-14-15-3-2-4-17(27)9-15/h2-12H,13-14H2,1H3,(H,30,32)/b22-12+. The lowest BCUT2D eigenvalue weighted by molar-refractivity contribution is -0.127. The van der Waals surface area contributed by atoms with Gasteiger partial charge in [0.05, 0.1) is 19.2 Å². The highest BCUT2D eigenvalue weighted by Crippen LogP contribution is 2.35. The minimum Gasteiger partial charge on any atom is -0.497 e. The molecule has 11 heteroatoms. The van der Waals surface area contributed by atoms with E-state index in [2.05, 4.69) is 50.5 Å². The summed E-state index contributed by atoms with van der Waals surface area (Å²) in [7, 11) is 1.54. The van der Waals surface area contributed by atoms with Gasteiger partial charge in [0, 0.05) is 5.69 Å². The van der Waals surface area contributed by atoms with Crippen molar-refractivity contribution in [1.29, 1.82) is 0 Å². The predicted molar refractivity (Wildman–Crippen MR) is 157 cm³/mol. The highest BCUT2D eigenvalue weighted by Gasteiger charge is 2.36. The molecule has 0 spiro atoms. The molecule has 0 aliphatic carbocycles. The van der Waals surface area contributed by atoms with E-state index < -0.39 is 23.6 Å². The van der Waals surface area contributed by atoms with Crippen molar-refractivity contribution in [3.05, 3.63) is 89.7 Å². The molecule has 0 atom stereocenters. The fourth-order valence-electron chi connectivity index (χ4n) is 3.39. The first-order valence-electron chi connectivity index (χ1n) is 10.8. The van der Waals surface area contributed by atoms with Gasteiger partial charge in [-0.2, -0.15) is 0 Å². The third-order valence-electron chi connectivity index (χ3n) is 5.14. The van der Waals surface area contributed by atoms with E-state index >= 15 is 0 Å². The van der Waals surface area contributed by atoms with Crippen LogP contribution in [0.15, 0.2) is 65.6 Å². The molecule has 3 amide bonds. The Labute approximate surface area is 244 Å². The number of thioether (sulfide) groups is 1. The van der Waals surface area contributed by atoms with Crippen molar-refractivity contribution in [1.82, 2.24) is 4.90 Å². The van der Waals surface area contributed by atoms with Crippen molar-refractivity contribution in [3.63, 3.8) is 0 Å². The first-order chi connectivity index (χ1) is 17.7. The molecule has 4 rings (SSSR count). The molecule has 0 radical (unpaired) electrons. The summed E-state index contributed by atoms with van der Waals surface area (Å²) in [5.74, 6) is -0.0579. The molecule has 37 heavy (non-hydrogen) atoms. The van der Waals surface area contributed by atoms with E-state index in [0.717, 1.165) is 23.8 Å². The number of rotatable bonds is 8. The average Bonchev–Trinajstić information content (AvgIpc) is 3.11. The highest BCUT2D eigenvalue weighted by molar-refractivity contribution is 14.1. The van der Waals surface area contributed by atoms with Crippen LogP contribution in [0.5, 0.6) is 11.5 Å². The number of hydrogen-bond acceptors (Lipinski definition) is 6. The Balaban J connectivity index is 1.42. The average molecular weight is 744 g/mol. The zero-order valence-electron chi connectivity index (χ0n) is 19.3. The summed E-state index contributed by atoms with van der Waals surface area (Å²) >= 11 is 5.04. The molecule has 0 saturated carbocycles. The van der Waals surface area contributed by atoms with Gasteiger partial charge in [0.15, 0.2) is 0 Å². The van der Waals surface area contributed by atoms with Gasteiger partial charge in [-0.05, 0) is 123 Å². The number of nitrogens with zero attached hydrogens (tertiary/aromatic N) is 1. The maximum atomic E-state index is 13.4. The minimum atomic E-state index is -0.531. The summed E-state index contributed by atoms with van der Waals surface area (Å²) in [5, 5.41) is 2.15. The van der Waals surface area contributed by atoms with E-state index in [4.69, 9.17) is 9.47 Å². The Morgan fingerprint density at radius 3 is 2.43 bits per heavy atom. The van der Waals surface area contributed by atoms with E-state index in [1.54, 1.807) is 49.6 Å². The number of amides is 3. The summed E-state index contributed by atoms with van der Waals surface area (Å²) in [6, 6.07) is 16.6. The molecule has 1 fully saturated rings. The normalized spacial score (nSPS) is 14.3. The summed E-state index contributed by atoms with van der Waals surface area (Å²) < 4.78 is 26.0. The SMILES string of the molecule is COc1ccc(NC(=O)CN2C(=O)S/C(=C/c3cc(I)c(OCc4cccc(F)c4)c(I)c3)C2=O)cc1. The smallest absolute Gasteiger partial charge is 0.294 e. The van der Waals surface area contributed by atoms with Crippen LogP contribution in [0.25, 0.3) is 6.08 Å². The van der Waals surface area contributed by atoms with Crippen LogP contribution >= 0.6 is 56.9 Å². The molecule has 3 aromatic rings. The van der Waals surface area contributed by atoms with E-state index in [1.807, 2.05) is 12.1 Å². The van der Waals surface area contributed by atoms with Gasteiger partial charge in [0.2, 0.25) is 5.91 Å². The third-order valence-corrected chi connectivity index (χ3v) is 7.65. The largest absolute Gasteiger partial charge is 0.497 e. The molecular formula is C26H19FI2N2O5S. The van der Waals surface area contributed by atoms with Crippen LogP contribution in [0.1, 0.15) is 11.1 Å². The molecule has 1 N–H and O–H groups in total. The molecule has 0 unspecified atom stereocenters. The molecule has 0 aromatic heterocycles. The van der Waals surface area contributed by atoms with Gasteiger partial charge in [0.1, 0.15) is 30.5 Å². The second kappa shape index (κ2) is 12.3. The number of imide groups is 1. The highest BCUT2D eigenvalue weighted by atomic mass is 127. The molecule has 1 heterocycles. The van der Waals surface area contributed by atoms with E-state index in [0.29, 0.717) is 28.3 Å².